The van der Waals surface area contributed by atoms with Crippen molar-refractivity contribution in [2.24, 2.45) is 0 Å². The monoisotopic (exact) mass is 356 g/mol. The first-order chi connectivity index (χ1) is 11.8. The zero-order valence-electron chi connectivity index (χ0n) is 13.3. The summed E-state index contributed by atoms with van der Waals surface area (Å²) in [5, 5.41) is 13.1. The number of carbonyl (C=O) groups is 3. The van der Waals surface area contributed by atoms with Crippen LogP contribution in [0.1, 0.15) is 10.4 Å². The van der Waals surface area contributed by atoms with Crippen molar-refractivity contribution in [1.29, 1.82) is 0 Å². The lowest BCUT2D eigenvalue weighted by atomic mass is 10.1. The van der Waals surface area contributed by atoms with Gasteiger partial charge in [0.25, 0.3) is 0 Å². The molecule has 1 N–H and O–H groups in total. The topological polar surface area (TPSA) is 134 Å². The van der Waals surface area contributed by atoms with Crippen LogP contribution >= 0.6 is 0 Å². The summed E-state index contributed by atoms with van der Waals surface area (Å²) in [5.41, 5.74) is -2.64. The van der Waals surface area contributed by atoms with Gasteiger partial charge in [0.1, 0.15) is 11.3 Å². The molecule has 0 saturated heterocycles. The Kier molecular flexibility index (Phi) is 6.55. The second-order valence-electron chi connectivity index (χ2n) is 4.27. The van der Waals surface area contributed by atoms with Crippen LogP contribution in [0, 0.1) is 15.9 Å². The van der Waals surface area contributed by atoms with Crippen LogP contribution in [0.3, 0.4) is 0 Å². The summed E-state index contributed by atoms with van der Waals surface area (Å²) in [4.78, 5) is 44.6. The van der Waals surface area contributed by atoms with Crippen LogP contribution < -0.4 is 5.32 Å². The number of nitrogens with one attached hydrogen (secondary N) is 1. The molecule has 0 radical (unpaired) electrons. The van der Waals surface area contributed by atoms with Gasteiger partial charge in [0, 0.05) is 6.07 Å². The second kappa shape index (κ2) is 8.38. The average Bonchev–Trinajstić information content (AvgIpc) is 2.59. The molecule has 0 unspecified atom stereocenters. The van der Waals surface area contributed by atoms with Gasteiger partial charge in [0.05, 0.1) is 38.0 Å². The zero-order valence-corrected chi connectivity index (χ0v) is 13.3. The van der Waals surface area contributed by atoms with Crippen molar-refractivity contribution in [3.8, 4) is 0 Å². The fourth-order valence-corrected chi connectivity index (χ4v) is 1.69. The maximum absolute atomic E-state index is 14.3. The number of carbonyl (C=O) groups excluding carboxylic acids is 3. The third-order valence-corrected chi connectivity index (χ3v) is 2.85. The van der Waals surface area contributed by atoms with Gasteiger partial charge in [-0.3, -0.25) is 10.1 Å². The third kappa shape index (κ3) is 4.50. The van der Waals surface area contributed by atoms with E-state index in [2.05, 4.69) is 19.5 Å². The number of nitrogens with zero attached hydrogens (tertiary/aromatic N) is 1. The molecule has 0 aliphatic rings. The molecular formula is C14H13FN2O8. The van der Waals surface area contributed by atoms with E-state index in [1.807, 2.05) is 0 Å². The molecule has 25 heavy (non-hydrogen) atoms. The number of anilines is 1. The summed E-state index contributed by atoms with van der Waals surface area (Å²) in [6.07, 6.45) is 0.701. The van der Waals surface area contributed by atoms with Gasteiger partial charge in [-0.15, -0.1) is 0 Å². The van der Waals surface area contributed by atoms with Gasteiger partial charge in [0.2, 0.25) is 5.82 Å². The van der Waals surface area contributed by atoms with Gasteiger partial charge >= 0.3 is 23.6 Å². The van der Waals surface area contributed by atoms with Crippen molar-refractivity contribution >= 4 is 29.3 Å². The van der Waals surface area contributed by atoms with Gasteiger partial charge in [-0.1, -0.05) is 0 Å². The number of nitro benzene ring substituents is 1. The summed E-state index contributed by atoms with van der Waals surface area (Å²) in [6, 6.07) is 1.75. The first-order valence-electron chi connectivity index (χ1n) is 6.47. The van der Waals surface area contributed by atoms with E-state index in [0.29, 0.717) is 6.08 Å². The fourth-order valence-electron chi connectivity index (χ4n) is 1.69. The molecular weight excluding hydrogens is 343 g/mol. The fraction of sp³-hybridized carbons (Fsp3) is 0.214. The minimum atomic E-state index is -1.47. The number of hydrogen-bond acceptors (Lipinski definition) is 9. The van der Waals surface area contributed by atoms with Crippen LogP contribution in [0.15, 0.2) is 23.9 Å². The lowest BCUT2D eigenvalue weighted by Gasteiger charge is -2.13. The molecule has 0 saturated carbocycles. The Morgan fingerprint density at radius 2 is 1.80 bits per heavy atom. The highest BCUT2D eigenvalue weighted by Crippen LogP contribution is 2.29. The average molecular weight is 356 g/mol. The minimum absolute atomic E-state index is 0.351. The molecule has 1 rings (SSSR count). The van der Waals surface area contributed by atoms with E-state index >= 15 is 0 Å². The predicted octanol–water partition coefficient (Wildman–Crippen LogP) is 1.16. The van der Waals surface area contributed by atoms with Crippen LogP contribution in [-0.2, 0) is 23.8 Å². The quantitative estimate of drug-likeness (QED) is 0.262. The number of benzene rings is 1. The highest BCUT2D eigenvalue weighted by Gasteiger charge is 2.28. The number of nitro groups is 1. The van der Waals surface area contributed by atoms with E-state index < -0.39 is 45.6 Å². The first kappa shape index (κ1) is 19.5. The van der Waals surface area contributed by atoms with Gasteiger partial charge < -0.3 is 19.5 Å². The predicted molar refractivity (Wildman–Crippen MR) is 80.1 cm³/mol. The van der Waals surface area contributed by atoms with Crippen LogP contribution in [0.2, 0.25) is 0 Å². The maximum atomic E-state index is 14.3. The largest absolute Gasteiger partial charge is 0.466 e. The number of rotatable bonds is 6. The van der Waals surface area contributed by atoms with E-state index in [0.717, 1.165) is 33.5 Å². The van der Waals surface area contributed by atoms with E-state index in [-0.39, 0.29) is 5.69 Å². The maximum Gasteiger partial charge on any atom is 0.354 e. The number of hydrogen-bond donors (Lipinski definition) is 1. The Bertz CT molecular complexity index is 759. The molecule has 0 spiro atoms. The number of halogens is 1. The molecule has 0 bridgehead atoms. The van der Waals surface area contributed by atoms with E-state index in [1.165, 1.54) is 0 Å². The Morgan fingerprint density at radius 3 is 2.28 bits per heavy atom. The molecule has 1 aromatic carbocycles. The van der Waals surface area contributed by atoms with E-state index in [1.54, 1.807) is 0 Å². The van der Waals surface area contributed by atoms with Gasteiger partial charge in [-0.25, -0.2) is 14.4 Å². The second-order valence-corrected chi connectivity index (χ2v) is 4.27. The lowest BCUT2D eigenvalue weighted by molar-refractivity contribution is -0.387. The molecule has 0 aliphatic heterocycles. The summed E-state index contributed by atoms with van der Waals surface area (Å²) >= 11 is 0. The number of esters is 3. The summed E-state index contributed by atoms with van der Waals surface area (Å²) in [7, 11) is 3.02. The first-order valence-corrected chi connectivity index (χ1v) is 6.47. The number of ether oxygens (including phenoxy) is 3. The SMILES string of the molecule is COC(=O)/C=C(/Nc1ccc([N+](=O)[O-])c(F)c1C(=O)OC)C(=O)OC. The molecule has 0 atom stereocenters. The minimum Gasteiger partial charge on any atom is -0.466 e. The molecule has 0 fully saturated rings. The van der Waals surface area contributed by atoms with Gasteiger partial charge in [-0.2, -0.15) is 4.39 Å². The van der Waals surface area contributed by atoms with Gasteiger partial charge in [0.15, 0.2) is 0 Å². The van der Waals surface area contributed by atoms with Crippen molar-refractivity contribution in [3.05, 3.63) is 45.4 Å². The van der Waals surface area contributed by atoms with Crippen LogP contribution in [0.5, 0.6) is 0 Å². The summed E-state index contributed by atoms with van der Waals surface area (Å²) in [6.45, 7) is 0. The molecule has 1 aromatic rings. The van der Waals surface area contributed by atoms with Gasteiger partial charge in [-0.05, 0) is 6.07 Å². The molecule has 134 valence electrons. The molecule has 0 heterocycles. The smallest absolute Gasteiger partial charge is 0.354 e. The van der Waals surface area contributed by atoms with Crippen molar-refractivity contribution < 1.29 is 37.9 Å². The Balaban J connectivity index is 3.49. The summed E-state index contributed by atoms with van der Waals surface area (Å²) in [5.74, 6) is -4.66. The van der Waals surface area contributed by atoms with Crippen molar-refractivity contribution in [2.45, 2.75) is 0 Å². The van der Waals surface area contributed by atoms with Crippen LogP contribution in [0.4, 0.5) is 15.8 Å². The highest BCUT2D eigenvalue weighted by molar-refractivity contribution is 6.02. The molecule has 11 heteroatoms. The normalized spacial score (nSPS) is 10.6. The highest BCUT2D eigenvalue weighted by atomic mass is 19.1. The molecule has 0 aliphatic carbocycles. The summed E-state index contributed by atoms with van der Waals surface area (Å²) < 4.78 is 27.5. The van der Waals surface area contributed by atoms with E-state index in [9.17, 15) is 28.9 Å². The van der Waals surface area contributed by atoms with Crippen molar-refractivity contribution in [3.63, 3.8) is 0 Å². The standard InChI is InChI=1S/C14H13FN2O8/c1-23-10(18)6-8(13(19)24-2)16-7-4-5-9(17(21)22)12(15)11(7)14(20)25-3/h4-6,16H,1-3H3/b8-6+. The lowest BCUT2D eigenvalue weighted by Crippen LogP contribution is -2.18. The van der Waals surface area contributed by atoms with Crippen molar-refractivity contribution in [2.75, 3.05) is 26.6 Å². The molecule has 0 amide bonds. The van der Waals surface area contributed by atoms with Crippen LogP contribution in [0.25, 0.3) is 0 Å². The zero-order chi connectivity index (χ0) is 19.1. The Hall–Kier alpha value is -3.50. The Morgan fingerprint density at radius 1 is 1.16 bits per heavy atom. The number of methoxy groups -OCH3 is 3. The van der Waals surface area contributed by atoms with Crippen molar-refractivity contribution in [1.82, 2.24) is 0 Å². The Labute approximate surface area is 140 Å². The molecule has 10 nitrogen and oxygen atoms in total. The van der Waals surface area contributed by atoms with E-state index in [4.69, 9.17) is 0 Å². The molecule has 0 aromatic heterocycles. The van der Waals surface area contributed by atoms with Crippen LogP contribution in [-0.4, -0.2) is 44.2 Å². The third-order valence-electron chi connectivity index (χ3n) is 2.85.